The molecule has 3 heterocycles. The number of fused-ring (bicyclic) bond motifs is 1. The zero-order valence-corrected chi connectivity index (χ0v) is 20.6. The van der Waals surface area contributed by atoms with Crippen LogP contribution in [0.1, 0.15) is 48.8 Å². The van der Waals surface area contributed by atoms with Crippen LogP contribution in [0.4, 0.5) is 8.78 Å². The van der Waals surface area contributed by atoms with Crippen LogP contribution in [0, 0.1) is 18.3 Å². The number of halogens is 3. The Kier molecular flexibility index (Phi) is 6.09. The van der Waals surface area contributed by atoms with Gasteiger partial charge in [-0.2, -0.15) is 5.26 Å². The van der Waals surface area contributed by atoms with Crippen molar-refractivity contribution in [3.8, 4) is 23.1 Å². The third kappa shape index (κ3) is 4.49. The number of nitrogens with zero attached hydrogens (tertiary/aromatic N) is 4. The maximum Gasteiger partial charge on any atom is 0.249 e. The Balaban J connectivity index is 1.60. The Bertz CT molecular complexity index is 1500. The minimum Gasteiger partial charge on any atom is -0.488 e. The standard InChI is InChI=1S/C28H23ClF2N4O/c1-17-19(12-20(29)26(34-17)27(2)9-10-28(30,31)16-27)22-13-24(36-15-18-6-4-3-5-7-18)25-21(35-22)8-11-33-23(25)14-32/h3-8,11-13H,9-10,15-16H2,1-2H3. The molecule has 0 saturated heterocycles. The van der Waals surface area contributed by atoms with Gasteiger partial charge in [-0.15, -0.1) is 0 Å². The van der Waals surface area contributed by atoms with Gasteiger partial charge in [-0.25, -0.2) is 18.7 Å². The largest absolute Gasteiger partial charge is 0.488 e. The molecule has 8 heteroatoms. The summed E-state index contributed by atoms with van der Waals surface area (Å²) in [6, 6.07) is 17.0. The fourth-order valence-electron chi connectivity index (χ4n) is 4.89. The molecule has 0 N–H and O–H groups in total. The molecule has 1 aliphatic rings. The number of rotatable bonds is 5. The first-order valence-corrected chi connectivity index (χ1v) is 12.0. The zero-order valence-electron chi connectivity index (χ0n) is 19.9. The Morgan fingerprint density at radius 3 is 2.58 bits per heavy atom. The highest BCUT2D eigenvalue weighted by atomic mass is 35.5. The molecule has 0 radical (unpaired) electrons. The molecule has 1 atom stereocenters. The van der Waals surface area contributed by atoms with Crippen LogP contribution in [-0.4, -0.2) is 20.9 Å². The maximum absolute atomic E-state index is 14.0. The fraction of sp³-hybridized carbons (Fsp3) is 0.286. The number of nitriles is 1. The lowest BCUT2D eigenvalue weighted by Crippen LogP contribution is -2.23. The van der Waals surface area contributed by atoms with Gasteiger partial charge in [0.15, 0.2) is 5.69 Å². The van der Waals surface area contributed by atoms with Crippen LogP contribution in [0.15, 0.2) is 54.7 Å². The van der Waals surface area contributed by atoms with Crippen molar-refractivity contribution in [1.29, 1.82) is 5.26 Å². The Morgan fingerprint density at radius 1 is 1.11 bits per heavy atom. The monoisotopic (exact) mass is 504 g/mol. The summed E-state index contributed by atoms with van der Waals surface area (Å²) in [5.41, 5.74) is 3.27. The van der Waals surface area contributed by atoms with Crippen LogP contribution < -0.4 is 4.74 Å². The predicted octanol–water partition coefficient (Wildman–Crippen LogP) is 7.18. The van der Waals surface area contributed by atoms with Gasteiger partial charge < -0.3 is 4.74 Å². The van der Waals surface area contributed by atoms with E-state index >= 15 is 0 Å². The van der Waals surface area contributed by atoms with Crippen molar-refractivity contribution in [2.75, 3.05) is 0 Å². The van der Waals surface area contributed by atoms with Crippen LogP contribution in [0.3, 0.4) is 0 Å². The topological polar surface area (TPSA) is 71.7 Å². The number of benzene rings is 1. The van der Waals surface area contributed by atoms with Gasteiger partial charge in [-0.3, -0.25) is 4.98 Å². The lowest BCUT2D eigenvalue weighted by atomic mass is 9.84. The van der Waals surface area contributed by atoms with E-state index in [2.05, 4.69) is 11.1 Å². The molecular formula is C28H23ClF2N4O. The van der Waals surface area contributed by atoms with E-state index in [1.807, 2.05) is 37.3 Å². The van der Waals surface area contributed by atoms with Gasteiger partial charge in [0.1, 0.15) is 18.4 Å². The van der Waals surface area contributed by atoms with E-state index in [1.54, 1.807) is 25.1 Å². The molecule has 0 spiro atoms. The molecule has 0 bridgehead atoms. The summed E-state index contributed by atoms with van der Waals surface area (Å²) in [6.07, 6.45) is 1.40. The van der Waals surface area contributed by atoms with E-state index in [0.29, 0.717) is 57.3 Å². The summed E-state index contributed by atoms with van der Waals surface area (Å²) in [4.78, 5) is 13.6. The second kappa shape index (κ2) is 9.11. The van der Waals surface area contributed by atoms with Crippen molar-refractivity contribution in [2.45, 2.75) is 51.1 Å². The molecule has 1 unspecified atom stereocenters. The average molecular weight is 505 g/mol. The molecule has 1 fully saturated rings. The quantitative estimate of drug-likeness (QED) is 0.288. The third-order valence-corrected chi connectivity index (χ3v) is 7.02. The normalized spacial score (nSPS) is 18.8. The molecule has 1 aliphatic carbocycles. The summed E-state index contributed by atoms with van der Waals surface area (Å²) < 4.78 is 34.2. The Hall–Kier alpha value is -3.63. The highest BCUT2D eigenvalue weighted by Gasteiger charge is 2.49. The molecule has 3 aromatic heterocycles. The zero-order chi connectivity index (χ0) is 25.5. The lowest BCUT2D eigenvalue weighted by Gasteiger charge is -2.25. The SMILES string of the molecule is Cc1nc(C2(C)CCC(F)(F)C2)c(Cl)cc1-c1cc(OCc2ccccc2)c2c(C#N)nccc2n1. The van der Waals surface area contributed by atoms with Crippen LogP contribution in [0.25, 0.3) is 22.2 Å². The van der Waals surface area contributed by atoms with Crippen LogP contribution in [0.2, 0.25) is 5.02 Å². The van der Waals surface area contributed by atoms with Gasteiger partial charge in [0.05, 0.1) is 27.3 Å². The predicted molar refractivity (Wildman–Crippen MR) is 134 cm³/mol. The number of ether oxygens (including phenoxy) is 1. The van der Waals surface area contributed by atoms with E-state index in [4.69, 9.17) is 26.3 Å². The van der Waals surface area contributed by atoms with Crippen molar-refractivity contribution < 1.29 is 13.5 Å². The third-order valence-electron chi connectivity index (χ3n) is 6.73. The number of hydrogen-bond acceptors (Lipinski definition) is 5. The highest BCUT2D eigenvalue weighted by Crippen LogP contribution is 2.50. The van der Waals surface area contributed by atoms with Crippen LogP contribution in [-0.2, 0) is 12.0 Å². The molecule has 182 valence electrons. The lowest BCUT2D eigenvalue weighted by molar-refractivity contribution is 0.00335. The molecule has 36 heavy (non-hydrogen) atoms. The second-order valence-electron chi connectivity index (χ2n) is 9.49. The second-order valence-corrected chi connectivity index (χ2v) is 9.90. The average Bonchev–Trinajstić information content (AvgIpc) is 3.16. The van der Waals surface area contributed by atoms with E-state index in [1.165, 1.54) is 6.20 Å². The first kappa shape index (κ1) is 24.1. The van der Waals surface area contributed by atoms with Gasteiger partial charge in [0.25, 0.3) is 0 Å². The van der Waals surface area contributed by atoms with Crippen molar-refractivity contribution >= 4 is 22.5 Å². The summed E-state index contributed by atoms with van der Waals surface area (Å²) in [5, 5.41) is 10.5. The molecule has 5 rings (SSSR count). The Labute approximate surface area is 212 Å². The summed E-state index contributed by atoms with van der Waals surface area (Å²) in [5.74, 6) is -2.26. The highest BCUT2D eigenvalue weighted by molar-refractivity contribution is 6.31. The van der Waals surface area contributed by atoms with E-state index < -0.39 is 11.3 Å². The van der Waals surface area contributed by atoms with Crippen molar-refractivity contribution in [2.24, 2.45) is 0 Å². The number of aromatic nitrogens is 3. The smallest absolute Gasteiger partial charge is 0.249 e. The molecule has 0 amide bonds. The Morgan fingerprint density at radius 2 is 1.89 bits per heavy atom. The van der Waals surface area contributed by atoms with Gasteiger partial charge in [0, 0.05) is 41.8 Å². The van der Waals surface area contributed by atoms with E-state index in [-0.39, 0.29) is 18.5 Å². The van der Waals surface area contributed by atoms with Gasteiger partial charge in [0.2, 0.25) is 5.92 Å². The van der Waals surface area contributed by atoms with Crippen LogP contribution in [0.5, 0.6) is 5.75 Å². The minimum absolute atomic E-state index is 0.175. The molecule has 1 saturated carbocycles. The molecular weight excluding hydrogens is 482 g/mol. The number of alkyl halides is 2. The molecule has 0 aliphatic heterocycles. The number of aryl methyl sites for hydroxylation is 1. The summed E-state index contributed by atoms with van der Waals surface area (Å²) >= 11 is 6.64. The molecule has 5 nitrogen and oxygen atoms in total. The van der Waals surface area contributed by atoms with E-state index in [9.17, 15) is 14.0 Å². The fourth-order valence-corrected chi connectivity index (χ4v) is 5.27. The van der Waals surface area contributed by atoms with Gasteiger partial charge >= 0.3 is 0 Å². The van der Waals surface area contributed by atoms with E-state index in [0.717, 1.165) is 5.56 Å². The van der Waals surface area contributed by atoms with Gasteiger partial charge in [-0.1, -0.05) is 48.9 Å². The molecule has 1 aromatic carbocycles. The van der Waals surface area contributed by atoms with Crippen molar-refractivity contribution in [1.82, 2.24) is 15.0 Å². The first-order chi connectivity index (χ1) is 17.2. The van der Waals surface area contributed by atoms with Crippen molar-refractivity contribution in [3.63, 3.8) is 0 Å². The maximum atomic E-state index is 14.0. The van der Waals surface area contributed by atoms with Crippen molar-refractivity contribution in [3.05, 3.63) is 82.4 Å². The number of pyridine rings is 3. The minimum atomic E-state index is -2.72. The number of hydrogen-bond donors (Lipinski definition) is 0. The summed E-state index contributed by atoms with van der Waals surface area (Å²) in [7, 11) is 0. The van der Waals surface area contributed by atoms with Crippen LogP contribution >= 0.6 is 11.6 Å². The first-order valence-electron chi connectivity index (χ1n) is 11.6. The summed E-state index contributed by atoms with van der Waals surface area (Å²) in [6.45, 7) is 3.90. The molecule has 4 aromatic rings. The van der Waals surface area contributed by atoms with Gasteiger partial charge in [-0.05, 0) is 31.0 Å².